The van der Waals surface area contributed by atoms with E-state index in [2.05, 4.69) is 10.1 Å². The summed E-state index contributed by atoms with van der Waals surface area (Å²) in [5.41, 5.74) is 2.11. The molecule has 0 bridgehead atoms. The van der Waals surface area contributed by atoms with Gasteiger partial charge < -0.3 is 9.32 Å². The van der Waals surface area contributed by atoms with E-state index in [0.717, 1.165) is 17.0 Å². The number of aromatic nitrogens is 3. The van der Waals surface area contributed by atoms with Crippen molar-refractivity contribution in [3.05, 3.63) is 70.2 Å². The number of likely N-dealkylation sites (tertiary alicyclic amines) is 1. The Morgan fingerprint density at radius 2 is 1.93 bits per heavy atom. The SMILES string of the molecule is Cc1cc(C(=O)N2CC(Cn3nc(-c4ccncc4)ccc3=O)C2)c(C)o1. The Morgan fingerprint density at radius 3 is 2.59 bits per heavy atom. The molecule has 4 rings (SSSR count). The van der Waals surface area contributed by atoms with Crippen LogP contribution in [0, 0.1) is 19.8 Å². The number of rotatable bonds is 4. The van der Waals surface area contributed by atoms with Crippen molar-refractivity contribution in [3.8, 4) is 11.3 Å². The molecule has 1 aliphatic heterocycles. The highest BCUT2D eigenvalue weighted by molar-refractivity contribution is 5.95. The number of carbonyl (C=O) groups is 1. The van der Waals surface area contributed by atoms with E-state index >= 15 is 0 Å². The molecule has 0 unspecified atom stereocenters. The summed E-state index contributed by atoms with van der Waals surface area (Å²) in [5, 5.41) is 4.47. The van der Waals surface area contributed by atoms with Gasteiger partial charge in [0, 0.05) is 43.0 Å². The normalized spacial score (nSPS) is 14.2. The Hall–Kier alpha value is -3.22. The van der Waals surface area contributed by atoms with Crippen molar-refractivity contribution < 1.29 is 9.21 Å². The maximum absolute atomic E-state index is 12.5. The van der Waals surface area contributed by atoms with Gasteiger partial charge in [-0.3, -0.25) is 14.6 Å². The summed E-state index contributed by atoms with van der Waals surface area (Å²) < 4.78 is 6.92. The number of carbonyl (C=O) groups excluding carboxylic acids is 1. The molecule has 27 heavy (non-hydrogen) atoms. The molecule has 0 spiro atoms. The molecule has 1 saturated heterocycles. The van der Waals surface area contributed by atoms with Crippen molar-refractivity contribution in [3.63, 3.8) is 0 Å². The zero-order valence-corrected chi connectivity index (χ0v) is 15.3. The van der Waals surface area contributed by atoms with Gasteiger partial charge in [0.2, 0.25) is 0 Å². The van der Waals surface area contributed by atoms with Crippen molar-refractivity contribution in [2.75, 3.05) is 13.1 Å². The fourth-order valence-electron chi connectivity index (χ4n) is 3.37. The topological polar surface area (TPSA) is 81.2 Å². The Morgan fingerprint density at radius 1 is 1.19 bits per heavy atom. The lowest BCUT2D eigenvalue weighted by atomic mass is 9.99. The van der Waals surface area contributed by atoms with Crippen molar-refractivity contribution >= 4 is 5.91 Å². The van der Waals surface area contributed by atoms with Gasteiger partial charge in [0.15, 0.2) is 0 Å². The Labute approximate surface area is 156 Å². The van der Waals surface area contributed by atoms with Crippen LogP contribution in [0.5, 0.6) is 0 Å². The first-order valence-corrected chi connectivity index (χ1v) is 8.86. The van der Waals surface area contributed by atoms with Crippen LogP contribution in [0.15, 0.2) is 51.9 Å². The minimum Gasteiger partial charge on any atom is -0.466 e. The number of pyridine rings is 1. The smallest absolute Gasteiger partial charge is 0.266 e. The monoisotopic (exact) mass is 364 g/mol. The number of hydrogen-bond donors (Lipinski definition) is 0. The molecular weight excluding hydrogens is 344 g/mol. The standard InChI is InChI=1S/C20H20N4O3/c1-13-9-17(14(2)27-13)20(26)23-10-15(11-23)12-24-19(25)4-3-18(22-24)16-5-7-21-8-6-16/h3-9,15H,10-12H2,1-2H3. The first-order chi connectivity index (χ1) is 13.0. The summed E-state index contributed by atoms with van der Waals surface area (Å²) in [6.45, 7) is 5.33. The molecule has 1 aliphatic rings. The molecule has 3 aromatic heterocycles. The summed E-state index contributed by atoms with van der Waals surface area (Å²) in [6.07, 6.45) is 3.39. The average Bonchev–Trinajstić information content (AvgIpc) is 2.97. The maximum Gasteiger partial charge on any atom is 0.266 e. The van der Waals surface area contributed by atoms with Crippen LogP contribution in [0.25, 0.3) is 11.3 Å². The molecule has 7 heteroatoms. The van der Waals surface area contributed by atoms with Crippen LogP contribution < -0.4 is 5.56 Å². The highest BCUT2D eigenvalue weighted by Crippen LogP contribution is 2.23. The van der Waals surface area contributed by atoms with Gasteiger partial charge in [-0.25, -0.2) is 4.68 Å². The number of furan rings is 1. The van der Waals surface area contributed by atoms with E-state index in [-0.39, 0.29) is 17.4 Å². The summed E-state index contributed by atoms with van der Waals surface area (Å²) in [5.74, 6) is 1.56. The highest BCUT2D eigenvalue weighted by atomic mass is 16.3. The second kappa shape index (κ2) is 6.83. The third kappa shape index (κ3) is 3.40. The lowest BCUT2D eigenvalue weighted by Gasteiger charge is -2.39. The molecule has 0 N–H and O–H groups in total. The van der Waals surface area contributed by atoms with Crippen LogP contribution in [0.4, 0.5) is 0 Å². The minimum absolute atomic E-state index is 0.0218. The number of aryl methyl sites for hydroxylation is 2. The Balaban J connectivity index is 1.44. The van der Waals surface area contributed by atoms with E-state index in [1.165, 1.54) is 10.7 Å². The van der Waals surface area contributed by atoms with Crippen molar-refractivity contribution in [2.45, 2.75) is 20.4 Å². The Bertz CT molecular complexity index is 1030. The van der Waals surface area contributed by atoms with Gasteiger partial charge >= 0.3 is 0 Å². The average molecular weight is 364 g/mol. The number of amides is 1. The predicted octanol–water partition coefficient (Wildman–Crippen LogP) is 2.29. The van der Waals surface area contributed by atoms with Crippen LogP contribution in [-0.2, 0) is 6.54 Å². The molecule has 4 heterocycles. The predicted molar refractivity (Wildman–Crippen MR) is 99.3 cm³/mol. The van der Waals surface area contributed by atoms with E-state index in [9.17, 15) is 9.59 Å². The molecule has 0 aliphatic carbocycles. The largest absolute Gasteiger partial charge is 0.466 e. The van der Waals surface area contributed by atoms with Gasteiger partial charge in [-0.15, -0.1) is 0 Å². The van der Waals surface area contributed by atoms with Crippen molar-refractivity contribution in [1.82, 2.24) is 19.7 Å². The highest BCUT2D eigenvalue weighted by Gasteiger charge is 2.33. The minimum atomic E-state index is -0.140. The molecular formula is C20H20N4O3. The fraction of sp³-hybridized carbons (Fsp3) is 0.300. The summed E-state index contributed by atoms with van der Waals surface area (Å²) in [7, 11) is 0. The van der Waals surface area contributed by atoms with Crippen LogP contribution in [0.2, 0.25) is 0 Å². The lowest BCUT2D eigenvalue weighted by Crippen LogP contribution is -2.52. The van der Waals surface area contributed by atoms with Crippen LogP contribution in [0.3, 0.4) is 0 Å². The van der Waals surface area contributed by atoms with Crippen LogP contribution in [0.1, 0.15) is 21.9 Å². The van der Waals surface area contributed by atoms with Gasteiger partial charge in [-0.1, -0.05) is 0 Å². The molecule has 0 saturated carbocycles. The van der Waals surface area contributed by atoms with E-state index < -0.39 is 0 Å². The molecule has 138 valence electrons. The third-order valence-corrected chi connectivity index (χ3v) is 4.79. The van der Waals surface area contributed by atoms with Gasteiger partial charge in [0.05, 0.1) is 17.8 Å². The second-order valence-corrected chi connectivity index (χ2v) is 6.88. The molecule has 1 fully saturated rings. The Kier molecular flexibility index (Phi) is 4.35. The zero-order valence-electron chi connectivity index (χ0n) is 15.3. The molecule has 7 nitrogen and oxygen atoms in total. The molecule has 0 atom stereocenters. The van der Waals surface area contributed by atoms with E-state index in [1.807, 2.05) is 19.1 Å². The van der Waals surface area contributed by atoms with E-state index in [1.54, 1.807) is 36.4 Å². The second-order valence-electron chi connectivity index (χ2n) is 6.88. The van der Waals surface area contributed by atoms with Gasteiger partial charge in [0.25, 0.3) is 11.5 Å². The maximum atomic E-state index is 12.5. The zero-order chi connectivity index (χ0) is 19.0. The summed E-state index contributed by atoms with van der Waals surface area (Å²) in [4.78, 5) is 30.5. The quantitative estimate of drug-likeness (QED) is 0.709. The first-order valence-electron chi connectivity index (χ1n) is 8.86. The van der Waals surface area contributed by atoms with Crippen molar-refractivity contribution in [1.29, 1.82) is 0 Å². The van der Waals surface area contributed by atoms with E-state index in [4.69, 9.17) is 4.42 Å². The summed E-state index contributed by atoms with van der Waals surface area (Å²) in [6, 6.07) is 8.73. The van der Waals surface area contributed by atoms with Gasteiger partial charge in [0.1, 0.15) is 11.5 Å². The summed E-state index contributed by atoms with van der Waals surface area (Å²) >= 11 is 0. The molecule has 0 aromatic carbocycles. The number of hydrogen-bond acceptors (Lipinski definition) is 5. The molecule has 3 aromatic rings. The van der Waals surface area contributed by atoms with E-state index in [0.29, 0.717) is 31.0 Å². The number of nitrogens with zero attached hydrogens (tertiary/aromatic N) is 4. The third-order valence-electron chi connectivity index (χ3n) is 4.79. The van der Waals surface area contributed by atoms with Gasteiger partial charge in [-0.2, -0.15) is 5.10 Å². The fourth-order valence-corrected chi connectivity index (χ4v) is 3.37. The first kappa shape index (κ1) is 17.2. The van der Waals surface area contributed by atoms with Crippen LogP contribution in [-0.4, -0.2) is 38.7 Å². The van der Waals surface area contributed by atoms with Crippen molar-refractivity contribution in [2.24, 2.45) is 5.92 Å². The van der Waals surface area contributed by atoms with Gasteiger partial charge in [-0.05, 0) is 38.1 Å². The molecule has 1 amide bonds. The van der Waals surface area contributed by atoms with Crippen LogP contribution >= 0.6 is 0 Å². The lowest BCUT2D eigenvalue weighted by molar-refractivity contribution is 0.0457. The molecule has 0 radical (unpaired) electrons.